The van der Waals surface area contributed by atoms with Gasteiger partial charge in [0.25, 0.3) is 11.5 Å². The fourth-order valence-electron chi connectivity index (χ4n) is 4.39. The van der Waals surface area contributed by atoms with E-state index in [-0.39, 0.29) is 31.2 Å². The Morgan fingerprint density at radius 1 is 1.11 bits per heavy atom. The van der Waals surface area contributed by atoms with Crippen molar-refractivity contribution in [2.24, 2.45) is 11.7 Å². The van der Waals surface area contributed by atoms with Crippen molar-refractivity contribution in [2.75, 3.05) is 13.1 Å². The van der Waals surface area contributed by atoms with Crippen LogP contribution in [-0.2, 0) is 6.54 Å². The first-order valence-corrected chi connectivity index (χ1v) is 12.6. The largest absolute Gasteiger partial charge is 1.00 e. The highest BCUT2D eigenvalue weighted by atomic mass is 35.5. The predicted molar refractivity (Wildman–Crippen MR) is 142 cm³/mol. The molecule has 2 heterocycles. The van der Waals surface area contributed by atoms with Crippen LogP contribution >= 0.6 is 11.5 Å². The van der Waals surface area contributed by atoms with Gasteiger partial charge in [0.15, 0.2) is 4.83 Å². The van der Waals surface area contributed by atoms with E-state index in [1.807, 2.05) is 82.3 Å². The maximum absolute atomic E-state index is 13.8. The molecule has 190 valence electrons. The quantitative estimate of drug-likeness (QED) is 0.375. The summed E-state index contributed by atoms with van der Waals surface area (Å²) < 4.78 is 6.09. The van der Waals surface area contributed by atoms with Crippen molar-refractivity contribution in [2.45, 2.75) is 40.3 Å². The Bertz CT molecular complexity index is 1390. The van der Waals surface area contributed by atoms with Gasteiger partial charge in [0.2, 0.25) is 0 Å². The smallest absolute Gasteiger partial charge is 1.00 e. The highest BCUT2D eigenvalue weighted by molar-refractivity contribution is 7.12. The summed E-state index contributed by atoms with van der Waals surface area (Å²) in [6, 6.07) is 16.9. The number of hydrogen-bond acceptors (Lipinski definition) is 6. The molecule has 0 aliphatic rings. The molecule has 0 aliphatic heterocycles. The van der Waals surface area contributed by atoms with Gasteiger partial charge < -0.3 is 23.0 Å². The van der Waals surface area contributed by atoms with E-state index in [1.165, 1.54) is 11.5 Å². The van der Waals surface area contributed by atoms with E-state index >= 15 is 0 Å². The standard InChI is InChI=1S/C27H31N5O2S.ClH/c1-17(2)23(31(15-14-28)26(33)21-12-10-18(3)11-13-21)24-29-25-22(19(4)30-35-25)27(34)32(24)16-20-8-6-5-7-9-20;/h5-13,17,23H,14-16,28H2,1-4H3;1H. The van der Waals surface area contributed by atoms with E-state index in [1.54, 1.807) is 9.47 Å². The fraction of sp³-hybridized carbons (Fsp3) is 0.333. The highest BCUT2D eigenvalue weighted by Crippen LogP contribution is 2.31. The summed E-state index contributed by atoms with van der Waals surface area (Å²) in [4.78, 5) is 34.8. The molecule has 0 bridgehead atoms. The summed E-state index contributed by atoms with van der Waals surface area (Å²) in [5.41, 5.74) is 9.16. The van der Waals surface area contributed by atoms with Crippen LogP contribution < -0.4 is 23.7 Å². The number of nitrogens with two attached hydrogens (primary N) is 1. The lowest BCUT2D eigenvalue weighted by atomic mass is 9.99. The van der Waals surface area contributed by atoms with Gasteiger partial charge in [0.05, 0.1) is 23.7 Å². The Hall–Kier alpha value is -3.07. The minimum atomic E-state index is -0.449. The Balaban J connectivity index is 0.00000241. The Kier molecular flexibility index (Phi) is 9.00. The van der Waals surface area contributed by atoms with Gasteiger partial charge in [0.1, 0.15) is 5.82 Å². The Morgan fingerprint density at radius 3 is 2.39 bits per heavy atom. The molecule has 1 amide bonds. The van der Waals surface area contributed by atoms with Crippen molar-refractivity contribution in [3.8, 4) is 0 Å². The molecule has 9 heteroatoms. The number of nitrogens with zero attached hydrogens (tertiary/aromatic N) is 4. The van der Waals surface area contributed by atoms with Crippen molar-refractivity contribution in [1.29, 1.82) is 0 Å². The first-order chi connectivity index (χ1) is 16.8. The zero-order chi connectivity index (χ0) is 25.1. The molecule has 1 atom stereocenters. The number of benzene rings is 2. The van der Waals surface area contributed by atoms with Gasteiger partial charge >= 0.3 is 1.43 Å². The summed E-state index contributed by atoms with van der Waals surface area (Å²) in [5, 5.41) is 0.535. The van der Waals surface area contributed by atoms with Crippen LogP contribution in [-0.4, -0.2) is 37.8 Å². The number of amides is 1. The summed E-state index contributed by atoms with van der Waals surface area (Å²) >= 11 is 1.22. The normalized spacial score (nSPS) is 11.9. The second-order valence-corrected chi connectivity index (χ2v) is 9.89. The molecule has 0 fully saturated rings. The van der Waals surface area contributed by atoms with Crippen LogP contribution in [0.1, 0.15) is 54.3 Å². The average Bonchev–Trinajstić information content (AvgIpc) is 3.22. The van der Waals surface area contributed by atoms with Crippen molar-refractivity contribution in [3.63, 3.8) is 0 Å². The second kappa shape index (κ2) is 11.8. The van der Waals surface area contributed by atoms with Crippen LogP contribution in [0.25, 0.3) is 10.2 Å². The molecule has 7 nitrogen and oxygen atoms in total. The lowest BCUT2D eigenvalue weighted by Crippen LogP contribution is -3.00. The lowest BCUT2D eigenvalue weighted by molar-refractivity contribution is -0.0000178. The van der Waals surface area contributed by atoms with E-state index < -0.39 is 6.04 Å². The zero-order valence-electron chi connectivity index (χ0n) is 21.9. The van der Waals surface area contributed by atoms with E-state index in [0.717, 1.165) is 11.1 Å². The van der Waals surface area contributed by atoms with Gasteiger partial charge in [-0.05, 0) is 49.0 Å². The van der Waals surface area contributed by atoms with Crippen molar-refractivity contribution in [1.82, 2.24) is 18.8 Å². The Labute approximate surface area is 223 Å². The molecule has 0 saturated carbocycles. The number of carbonyl (C=O) groups excluding carboxylic acids is 1. The fourth-order valence-corrected chi connectivity index (χ4v) is 5.17. The minimum absolute atomic E-state index is 0. The maximum Gasteiger partial charge on any atom is 1.00 e. The van der Waals surface area contributed by atoms with Gasteiger partial charge in [-0.1, -0.05) is 61.9 Å². The number of aromatic nitrogens is 3. The summed E-state index contributed by atoms with van der Waals surface area (Å²) in [5.74, 6) is 0.408. The molecule has 1 unspecified atom stereocenters. The Morgan fingerprint density at radius 2 is 1.78 bits per heavy atom. The van der Waals surface area contributed by atoms with Gasteiger partial charge in [-0.15, -0.1) is 0 Å². The van der Waals surface area contributed by atoms with Gasteiger partial charge in [0, 0.05) is 18.7 Å². The molecule has 2 aromatic heterocycles. The van der Waals surface area contributed by atoms with Gasteiger partial charge in [-0.25, -0.2) is 4.98 Å². The van der Waals surface area contributed by atoms with Crippen LogP contribution in [0.5, 0.6) is 0 Å². The first kappa shape index (κ1) is 27.5. The third-order valence-corrected chi connectivity index (χ3v) is 6.97. The average molecular weight is 526 g/mol. The number of fused-ring (bicyclic) bond motifs is 1. The van der Waals surface area contributed by atoms with Crippen molar-refractivity contribution < 1.29 is 18.6 Å². The molecule has 4 aromatic rings. The van der Waals surface area contributed by atoms with Gasteiger partial charge in [-0.3, -0.25) is 14.2 Å². The highest BCUT2D eigenvalue weighted by Gasteiger charge is 2.33. The SMILES string of the molecule is Cc1ccc(C(=O)N(CCN)C(c2nc3snc(C)c3c(=O)n2Cc2ccccc2)C(C)C)cc1.[Cl-].[H+]. The molecule has 0 radical (unpaired) electrons. The summed E-state index contributed by atoms with van der Waals surface area (Å²) in [7, 11) is 0. The minimum Gasteiger partial charge on any atom is -1.00 e. The number of rotatable bonds is 8. The van der Waals surface area contributed by atoms with E-state index in [4.69, 9.17) is 10.7 Å². The zero-order valence-corrected chi connectivity index (χ0v) is 22.5. The monoisotopic (exact) mass is 525 g/mol. The summed E-state index contributed by atoms with van der Waals surface area (Å²) in [6.07, 6.45) is 0. The number of halogens is 1. The van der Waals surface area contributed by atoms with Crippen LogP contribution in [0.2, 0.25) is 0 Å². The maximum atomic E-state index is 13.8. The van der Waals surface area contributed by atoms with Crippen LogP contribution in [0.15, 0.2) is 59.4 Å². The molecule has 0 aliphatic carbocycles. The number of carbonyl (C=O) groups is 1. The predicted octanol–water partition coefficient (Wildman–Crippen LogP) is 1.43. The van der Waals surface area contributed by atoms with E-state index in [2.05, 4.69) is 4.37 Å². The molecule has 0 saturated heterocycles. The molecular weight excluding hydrogens is 494 g/mol. The molecule has 2 aromatic carbocycles. The van der Waals surface area contributed by atoms with Crippen LogP contribution in [0.3, 0.4) is 0 Å². The molecule has 2 N–H and O–H groups in total. The number of aryl methyl sites for hydroxylation is 2. The van der Waals surface area contributed by atoms with Gasteiger partial charge in [-0.2, -0.15) is 4.37 Å². The molecule has 0 spiro atoms. The number of hydrogen-bond donors (Lipinski definition) is 1. The topological polar surface area (TPSA) is 94.1 Å². The third-order valence-electron chi connectivity index (χ3n) is 6.14. The third kappa shape index (κ3) is 5.51. The van der Waals surface area contributed by atoms with Crippen LogP contribution in [0, 0.1) is 19.8 Å². The molecule has 36 heavy (non-hydrogen) atoms. The lowest BCUT2D eigenvalue weighted by Gasteiger charge is -2.35. The molecular formula is C27H32ClN5O2S. The second-order valence-electron chi connectivity index (χ2n) is 9.14. The van der Waals surface area contributed by atoms with Crippen LogP contribution in [0.4, 0.5) is 0 Å². The summed E-state index contributed by atoms with van der Waals surface area (Å²) in [6.45, 7) is 8.89. The van der Waals surface area contributed by atoms with Crippen molar-refractivity contribution in [3.05, 3.63) is 93.2 Å². The van der Waals surface area contributed by atoms with E-state index in [9.17, 15) is 9.59 Å². The van der Waals surface area contributed by atoms with E-state index in [0.29, 0.717) is 46.9 Å². The first-order valence-electron chi connectivity index (χ1n) is 11.8. The molecule has 4 rings (SSSR count). The van der Waals surface area contributed by atoms with Crippen molar-refractivity contribution >= 4 is 27.7 Å².